The molecule has 0 bridgehead atoms. The van der Waals surface area contributed by atoms with Gasteiger partial charge in [0.2, 0.25) is 5.91 Å². The van der Waals surface area contributed by atoms with Gasteiger partial charge >= 0.3 is 0 Å². The summed E-state index contributed by atoms with van der Waals surface area (Å²) >= 11 is 0. The lowest BCUT2D eigenvalue weighted by atomic mass is 9.55. The molecule has 1 amide bonds. The zero-order valence-corrected chi connectivity index (χ0v) is 19.5. The predicted molar refractivity (Wildman–Crippen MR) is 131 cm³/mol. The number of nitrogens with zero attached hydrogens (tertiary/aromatic N) is 1. The number of aliphatic hydroxyl groups is 1. The zero-order chi connectivity index (χ0) is 23.8. The van der Waals surface area contributed by atoms with Crippen LogP contribution in [0.15, 0.2) is 54.6 Å². The van der Waals surface area contributed by atoms with Crippen LogP contribution >= 0.6 is 0 Å². The Hall–Kier alpha value is -2.83. The van der Waals surface area contributed by atoms with Gasteiger partial charge in [-0.15, -0.1) is 0 Å². The molecule has 180 valence electrons. The number of likely N-dealkylation sites (tertiary alicyclic amines) is 1. The monoisotopic (exact) mass is 462 g/mol. The Kier molecular flexibility index (Phi) is 6.13. The van der Waals surface area contributed by atoms with Gasteiger partial charge in [0.1, 0.15) is 11.5 Å². The Morgan fingerprint density at radius 3 is 2.56 bits per heavy atom. The van der Waals surface area contributed by atoms with E-state index in [-0.39, 0.29) is 23.4 Å². The van der Waals surface area contributed by atoms with Gasteiger partial charge in [-0.25, -0.2) is 0 Å². The first-order chi connectivity index (χ1) is 16.3. The average Bonchev–Trinajstić information content (AvgIpc) is 3.62. The summed E-state index contributed by atoms with van der Waals surface area (Å²) in [6, 6.07) is 14.0. The molecule has 0 aromatic heterocycles. The van der Waals surface area contributed by atoms with Crippen molar-refractivity contribution in [2.75, 3.05) is 19.6 Å². The van der Waals surface area contributed by atoms with Crippen molar-refractivity contribution < 1.29 is 20.1 Å². The molecule has 3 aliphatic rings. The number of carbonyl (C=O) groups is 1. The van der Waals surface area contributed by atoms with Crippen molar-refractivity contribution >= 4 is 12.0 Å². The Morgan fingerprint density at radius 1 is 1.06 bits per heavy atom. The number of phenols is 2. The fourth-order valence-electron chi connectivity index (χ4n) is 6.06. The minimum absolute atomic E-state index is 0.0704. The zero-order valence-electron chi connectivity index (χ0n) is 19.5. The van der Waals surface area contributed by atoms with Crippen LogP contribution in [-0.2, 0) is 10.2 Å². The third-order valence-corrected chi connectivity index (χ3v) is 7.99. The molecule has 4 N–H and O–H groups in total. The van der Waals surface area contributed by atoms with Gasteiger partial charge in [0.25, 0.3) is 0 Å². The lowest BCUT2D eigenvalue weighted by molar-refractivity contribution is -0.132. The minimum Gasteiger partial charge on any atom is -0.508 e. The number of amides is 1. The van der Waals surface area contributed by atoms with Gasteiger partial charge in [0, 0.05) is 30.6 Å². The van der Waals surface area contributed by atoms with Gasteiger partial charge in [-0.1, -0.05) is 24.3 Å². The van der Waals surface area contributed by atoms with Crippen LogP contribution in [0, 0.1) is 5.92 Å². The first-order valence-electron chi connectivity index (χ1n) is 12.4. The summed E-state index contributed by atoms with van der Waals surface area (Å²) in [6.45, 7) is 2.60. The summed E-state index contributed by atoms with van der Waals surface area (Å²) in [6.07, 6.45) is 8.50. The second kappa shape index (κ2) is 9.08. The molecule has 1 saturated heterocycles. The molecule has 2 aliphatic carbocycles. The van der Waals surface area contributed by atoms with E-state index in [4.69, 9.17) is 0 Å². The molecule has 0 spiro atoms. The summed E-state index contributed by atoms with van der Waals surface area (Å²) < 4.78 is 0. The first kappa shape index (κ1) is 22.9. The molecule has 6 heteroatoms. The summed E-state index contributed by atoms with van der Waals surface area (Å²) in [4.78, 5) is 15.1. The highest BCUT2D eigenvalue weighted by atomic mass is 16.3. The Balaban J connectivity index is 1.35. The Bertz CT molecular complexity index is 1080. The number of hydrogen-bond acceptors (Lipinski definition) is 5. The van der Waals surface area contributed by atoms with Gasteiger partial charge in [0.15, 0.2) is 0 Å². The quantitative estimate of drug-likeness (QED) is 0.493. The second-order valence-corrected chi connectivity index (χ2v) is 10.5. The van der Waals surface area contributed by atoms with Crippen molar-refractivity contribution in [2.24, 2.45) is 5.92 Å². The third kappa shape index (κ3) is 4.70. The molecular formula is C28H34N2O4. The molecule has 5 rings (SSSR count). The van der Waals surface area contributed by atoms with E-state index in [0.29, 0.717) is 25.8 Å². The van der Waals surface area contributed by atoms with E-state index in [2.05, 4.69) is 10.2 Å². The van der Waals surface area contributed by atoms with Crippen LogP contribution in [0.2, 0.25) is 0 Å². The number of aromatic hydroxyl groups is 2. The van der Waals surface area contributed by atoms with E-state index in [9.17, 15) is 20.1 Å². The van der Waals surface area contributed by atoms with E-state index < -0.39 is 11.0 Å². The highest BCUT2D eigenvalue weighted by Gasteiger charge is 2.57. The van der Waals surface area contributed by atoms with E-state index in [0.717, 1.165) is 36.6 Å². The van der Waals surface area contributed by atoms with Gasteiger partial charge in [-0.05, 0) is 92.5 Å². The van der Waals surface area contributed by atoms with Gasteiger partial charge in [-0.2, -0.15) is 0 Å². The number of hydrogen-bond donors (Lipinski definition) is 4. The van der Waals surface area contributed by atoms with Crippen molar-refractivity contribution in [1.82, 2.24) is 10.2 Å². The molecule has 2 aromatic carbocycles. The maximum Gasteiger partial charge on any atom is 0.244 e. The topological polar surface area (TPSA) is 93.0 Å². The molecule has 2 aromatic rings. The van der Waals surface area contributed by atoms with Crippen molar-refractivity contribution in [3.63, 3.8) is 0 Å². The van der Waals surface area contributed by atoms with Crippen LogP contribution in [0.3, 0.4) is 0 Å². The number of benzene rings is 2. The molecular weight excluding hydrogens is 428 g/mol. The Labute approximate surface area is 200 Å². The van der Waals surface area contributed by atoms with Gasteiger partial charge in [0.05, 0.1) is 5.60 Å². The number of phenolic OH excluding ortho intramolecular Hbond substituents is 2. The number of fused-ring (bicyclic) bond motifs is 1. The van der Waals surface area contributed by atoms with Crippen LogP contribution < -0.4 is 5.32 Å². The van der Waals surface area contributed by atoms with Crippen LogP contribution in [-0.4, -0.2) is 57.4 Å². The van der Waals surface area contributed by atoms with Crippen LogP contribution in [0.1, 0.15) is 49.7 Å². The van der Waals surface area contributed by atoms with Crippen molar-refractivity contribution in [3.05, 3.63) is 65.7 Å². The largest absolute Gasteiger partial charge is 0.508 e. The second-order valence-electron chi connectivity index (χ2n) is 10.5. The molecule has 0 unspecified atom stereocenters. The maximum absolute atomic E-state index is 12.7. The standard InChI is InChI=1S/C28H34N2O4/c31-24-5-1-3-20(15-24)9-10-26(33)29-23-11-12-28(34)19-30(18-21-7-8-21)14-13-27(28,17-23)22-4-2-6-25(32)16-22/h1-6,9-10,15-16,21,23,31-32,34H,7-8,11-14,17-19H2,(H,29,33)/t23-,27+,28+/m1/s1. The van der Waals surface area contributed by atoms with Crippen LogP contribution in [0.25, 0.3) is 6.08 Å². The molecule has 1 heterocycles. The van der Waals surface area contributed by atoms with Crippen molar-refractivity contribution in [3.8, 4) is 11.5 Å². The molecule has 34 heavy (non-hydrogen) atoms. The van der Waals surface area contributed by atoms with Crippen molar-refractivity contribution in [1.29, 1.82) is 0 Å². The smallest absolute Gasteiger partial charge is 0.244 e. The van der Waals surface area contributed by atoms with Crippen molar-refractivity contribution in [2.45, 2.75) is 55.6 Å². The highest BCUT2D eigenvalue weighted by Crippen LogP contribution is 2.52. The number of nitrogens with one attached hydrogen (secondary N) is 1. The maximum atomic E-state index is 12.7. The predicted octanol–water partition coefficient (Wildman–Crippen LogP) is 3.56. The molecule has 0 radical (unpaired) electrons. The summed E-state index contributed by atoms with van der Waals surface area (Å²) in [7, 11) is 0. The third-order valence-electron chi connectivity index (χ3n) is 7.99. The van der Waals surface area contributed by atoms with E-state index in [1.807, 2.05) is 18.2 Å². The van der Waals surface area contributed by atoms with E-state index in [1.165, 1.54) is 18.9 Å². The van der Waals surface area contributed by atoms with E-state index >= 15 is 0 Å². The molecule has 6 nitrogen and oxygen atoms in total. The lowest BCUT2D eigenvalue weighted by Crippen LogP contribution is -2.67. The summed E-state index contributed by atoms with van der Waals surface area (Å²) in [5.41, 5.74) is 0.298. The minimum atomic E-state index is -0.896. The van der Waals surface area contributed by atoms with Gasteiger partial charge < -0.3 is 25.5 Å². The fourth-order valence-corrected chi connectivity index (χ4v) is 6.06. The molecule has 2 saturated carbocycles. The summed E-state index contributed by atoms with van der Waals surface area (Å²) in [5, 5.41) is 35.0. The number of rotatable bonds is 6. The molecule has 3 fully saturated rings. The van der Waals surface area contributed by atoms with E-state index in [1.54, 1.807) is 36.4 Å². The van der Waals surface area contributed by atoms with Crippen LogP contribution in [0.5, 0.6) is 11.5 Å². The normalized spacial score (nSPS) is 29.6. The SMILES string of the molecule is O=C(C=Cc1cccc(O)c1)N[C@@H]1CC[C@]2(O)CN(CC3CC3)CC[C@@]2(c2cccc(O)c2)C1. The fraction of sp³-hybridized carbons (Fsp3) is 0.464. The Morgan fingerprint density at radius 2 is 1.82 bits per heavy atom. The van der Waals surface area contributed by atoms with Gasteiger partial charge in [-0.3, -0.25) is 4.79 Å². The number of carbonyl (C=O) groups excluding carboxylic acids is 1. The lowest BCUT2D eigenvalue weighted by Gasteiger charge is -2.58. The first-order valence-corrected chi connectivity index (χ1v) is 12.4. The molecule has 3 atom stereocenters. The molecule has 1 aliphatic heterocycles. The summed E-state index contributed by atoms with van der Waals surface area (Å²) in [5.74, 6) is 0.951. The van der Waals surface area contributed by atoms with Crippen LogP contribution in [0.4, 0.5) is 0 Å². The highest BCUT2D eigenvalue weighted by molar-refractivity contribution is 5.92. The average molecular weight is 463 g/mol. The number of piperidine rings is 1. The number of β-amino-alcohol motifs (C(OH)–C–C–N with tert-alkyl or cyclic N) is 1.